The van der Waals surface area contributed by atoms with Crippen LogP contribution in [0.25, 0.3) is 0 Å². The smallest absolute Gasteiger partial charge is 0.339 e. The largest absolute Gasteiger partial charge is 0.465 e. The van der Waals surface area contributed by atoms with Gasteiger partial charge in [0.25, 0.3) is 0 Å². The second kappa shape index (κ2) is 6.43. The number of aromatic nitrogens is 1. The number of pyridine rings is 1. The van der Waals surface area contributed by atoms with Crippen molar-refractivity contribution in [2.45, 2.75) is 45.1 Å². The van der Waals surface area contributed by atoms with Gasteiger partial charge in [0.05, 0.1) is 24.0 Å². The Morgan fingerprint density at radius 2 is 2.33 bits per heavy atom. The summed E-state index contributed by atoms with van der Waals surface area (Å²) >= 11 is 0. The third-order valence-corrected chi connectivity index (χ3v) is 4.16. The minimum atomic E-state index is -0.658. The average Bonchev–Trinajstić information content (AvgIpc) is 2.44. The molecule has 21 heavy (non-hydrogen) atoms. The van der Waals surface area contributed by atoms with Crippen molar-refractivity contribution < 1.29 is 14.6 Å². The predicted molar refractivity (Wildman–Crippen MR) is 81.4 cm³/mol. The van der Waals surface area contributed by atoms with Crippen molar-refractivity contribution in [1.29, 1.82) is 0 Å². The molecular weight excluding hydrogens is 268 g/mol. The number of carbonyl (C=O) groups is 1. The van der Waals surface area contributed by atoms with Gasteiger partial charge in [-0.1, -0.05) is 19.8 Å². The van der Waals surface area contributed by atoms with Gasteiger partial charge in [0.15, 0.2) is 0 Å². The number of anilines is 1. The van der Waals surface area contributed by atoms with Crippen molar-refractivity contribution in [1.82, 2.24) is 4.98 Å². The number of hydrogen-bond acceptors (Lipinski definition) is 5. The molecule has 1 aliphatic carbocycles. The van der Waals surface area contributed by atoms with E-state index in [1.54, 1.807) is 19.1 Å². The fourth-order valence-electron chi connectivity index (χ4n) is 3.03. The van der Waals surface area contributed by atoms with Gasteiger partial charge in [0.2, 0.25) is 0 Å². The maximum Gasteiger partial charge on any atom is 0.339 e. The van der Waals surface area contributed by atoms with Crippen molar-refractivity contribution in [3.8, 4) is 0 Å². The number of rotatable bonds is 4. The lowest BCUT2D eigenvalue weighted by atomic mass is 9.79. The fraction of sp³-hybridized carbons (Fsp3) is 0.625. The van der Waals surface area contributed by atoms with Gasteiger partial charge in [-0.15, -0.1) is 0 Å². The van der Waals surface area contributed by atoms with Crippen molar-refractivity contribution in [3.05, 3.63) is 23.4 Å². The summed E-state index contributed by atoms with van der Waals surface area (Å²) in [6, 6.07) is 3.44. The maximum atomic E-state index is 11.5. The quantitative estimate of drug-likeness (QED) is 0.834. The highest BCUT2D eigenvalue weighted by Gasteiger charge is 2.32. The van der Waals surface area contributed by atoms with E-state index in [0.29, 0.717) is 29.5 Å². The van der Waals surface area contributed by atoms with E-state index in [9.17, 15) is 9.90 Å². The molecule has 2 N–H and O–H groups in total. The van der Waals surface area contributed by atoms with Gasteiger partial charge in [0, 0.05) is 6.54 Å². The Labute approximate surface area is 125 Å². The van der Waals surface area contributed by atoms with Gasteiger partial charge in [-0.05, 0) is 37.8 Å². The Kier molecular flexibility index (Phi) is 4.83. The molecule has 116 valence electrons. The number of carbonyl (C=O) groups excluding carboxylic acids is 1. The Bertz CT molecular complexity index is 518. The molecule has 1 aromatic heterocycles. The molecule has 5 nitrogen and oxygen atoms in total. The first-order chi connectivity index (χ1) is 9.93. The molecule has 0 radical (unpaired) electrons. The van der Waals surface area contributed by atoms with E-state index in [4.69, 9.17) is 4.74 Å². The van der Waals surface area contributed by atoms with Crippen LogP contribution < -0.4 is 5.32 Å². The molecule has 1 heterocycles. The van der Waals surface area contributed by atoms with Gasteiger partial charge in [-0.3, -0.25) is 0 Å². The average molecular weight is 292 g/mol. The van der Waals surface area contributed by atoms with Gasteiger partial charge < -0.3 is 15.2 Å². The molecule has 1 aromatic rings. The lowest BCUT2D eigenvalue weighted by Gasteiger charge is -2.35. The van der Waals surface area contributed by atoms with E-state index in [1.165, 1.54) is 13.5 Å². The molecule has 1 aliphatic rings. The van der Waals surface area contributed by atoms with E-state index in [-0.39, 0.29) is 5.97 Å². The maximum absolute atomic E-state index is 11.5. The third kappa shape index (κ3) is 3.94. The van der Waals surface area contributed by atoms with Crippen molar-refractivity contribution in [3.63, 3.8) is 0 Å². The standard InChI is InChI=1S/C16H24N2O3/c1-11-5-4-8-16(20,9-11)10-17-14-7-6-13(12(2)18-14)15(19)21-3/h6-7,11,20H,4-5,8-10H2,1-3H3,(H,17,18). The highest BCUT2D eigenvalue weighted by Crippen LogP contribution is 2.32. The molecule has 2 unspecified atom stereocenters. The lowest BCUT2D eigenvalue weighted by Crippen LogP contribution is -2.41. The number of esters is 1. The zero-order valence-corrected chi connectivity index (χ0v) is 13.0. The molecule has 0 aliphatic heterocycles. The van der Waals surface area contributed by atoms with E-state index in [1.807, 2.05) is 0 Å². The third-order valence-electron chi connectivity index (χ3n) is 4.16. The van der Waals surface area contributed by atoms with Crippen LogP contribution in [-0.2, 0) is 4.74 Å². The minimum absolute atomic E-state index is 0.383. The summed E-state index contributed by atoms with van der Waals surface area (Å²) in [5, 5.41) is 13.8. The minimum Gasteiger partial charge on any atom is -0.465 e. The zero-order chi connectivity index (χ0) is 15.5. The summed E-state index contributed by atoms with van der Waals surface area (Å²) in [7, 11) is 1.35. The summed E-state index contributed by atoms with van der Waals surface area (Å²) in [4.78, 5) is 15.9. The SMILES string of the molecule is COC(=O)c1ccc(NCC2(O)CCCC(C)C2)nc1C. The molecule has 0 saturated heterocycles. The molecule has 0 spiro atoms. The molecular formula is C16H24N2O3. The zero-order valence-electron chi connectivity index (χ0n) is 13.0. The number of aliphatic hydroxyl groups is 1. The lowest BCUT2D eigenvalue weighted by molar-refractivity contribution is -0.000840. The molecule has 5 heteroatoms. The topological polar surface area (TPSA) is 71.5 Å². The van der Waals surface area contributed by atoms with E-state index >= 15 is 0 Å². The highest BCUT2D eigenvalue weighted by atomic mass is 16.5. The fourth-order valence-corrected chi connectivity index (χ4v) is 3.03. The van der Waals surface area contributed by atoms with Crippen LogP contribution >= 0.6 is 0 Å². The summed E-state index contributed by atoms with van der Waals surface area (Å²) < 4.78 is 4.70. The predicted octanol–water partition coefficient (Wildman–Crippen LogP) is 2.53. The van der Waals surface area contributed by atoms with Crippen molar-refractivity contribution in [2.24, 2.45) is 5.92 Å². The van der Waals surface area contributed by atoms with Gasteiger partial charge in [-0.25, -0.2) is 9.78 Å². The van der Waals surface area contributed by atoms with Crippen LogP contribution in [-0.4, -0.2) is 35.3 Å². The molecule has 2 atom stereocenters. The van der Waals surface area contributed by atoms with Crippen molar-refractivity contribution in [2.75, 3.05) is 19.0 Å². The molecule has 1 saturated carbocycles. The van der Waals surface area contributed by atoms with Crippen LogP contribution in [0.2, 0.25) is 0 Å². The Balaban J connectivity index is 2.00. The van der Waals surface area contributed by atoms with E-state index in [2.05, 4.69) is 17.2 Å². The molecule has 1 fully saturated rings. The van der Waals surface area contributed by atoms with Crippen LogP contribution in [0.5, 0.6) is 0 Å². The first kappa shape index (κ1) is 15.8. The second-order valence-corrected chi connectivity index (χ2v) is 6.10. The number of nitrogens with one attached hydrogen (secondary N) is 1. The van der Waals surface area contributed by atoms with Gasteiger partial charge in [0.1, 0.15) is 5.82 Å². The van der Waals surface area contributed by atoms with Crippen LogP contribution in [0.4, 0.5) is 5.82 Å². The van der Waals surface area contributed by atoms with E-state index < -0.39 is 5.60 Å². The second-order valence-electron chi connectivity index (χ2n) is 6.10. The van der Waals surface area contributed by atoms with Crippen LogP contribution in [0.1, 0.15) is 48.7 Å². The van der Waals surface area contributed by atoms with Gasteiger partial charge in [-0.2, -0.15) is 0 Å². The number of methoxy groups -OCH3 is 1. The monoisotopic (exact) mass is 292 g/mol. The summed E-state index contributed by atoms with van der Waals surface area (Å²) in [5.74, 6) is 0.847. The van der Waals surface area contributed by atoms with Crippen molar-refractivity contribution >= 4 is 11.8 Å². The summed E-state index contributed by atoms with van der Waals surface area (Å²) in [6.45, 7) is 4.44. The van der Waals surface area contributed by atoms with E-state index in [0.717, 1.165) is 19.3 Å². The summed E-state index contributed by atoms with van der Waals surface area (Å²) in [6.07, 6.45) is 3.89. The van der Waals surface area contributed by atoms with Crippen LogP contribution in [0.15, 0.2) is 12.1 Å². The number of hydrogen-bond donors (Lipinski definition) is 2. The first-order valence-corrected chi connectivity index (χ1v) is 7.46. The normalized spacial score (nSPS) is 25.4. The molecule has 0 aromatic carbocycles. The highest BCUT2D eigenvalue weighted by molar-refractivity contribution is 5.90. The number of ether oxygens (including phenoxy) is 1. The number of aryl methyl sites for hydroxylation is 1. The van der Waals surface area contributed by atoms with Crippen LogP contribution in [0.3, 0.4) is 0 Å². The molecule has 0 amide bonds. The summed E-state index contributed by atoms with van der Waals surface area (Å²) in [5.41, 5.74) is 0.428. The number of nitrogens with zero attached hydrogens (tertiary/aromatic N) is 1. The Hall–Kier alpha value is -1.62. The van der Waals surface area contributed by atoms with Crippen LogP contribution in [0, 0.1) is 12.8 Å². The first-order valence-electron chi connectivity index (χ1n) is 7.46. The molecule has 2 rings (SSSR count). The van der Waals surface area contributed by atoms with Gasteiger partial charge >= 0.3 is 5.97 Å². The Morgan fingerprint density at radius 1 is 1.57 bits per heavy atom. The molecule has 0 bridgehead atoms. The Morgan fingerprint density at radius 3 is 2.95 bits per heavy atom.